The summed E-state index contributed by atoms with van der Waals surface area (Å²) in [6.07, 6.45) is 0. The third-order valence-electron chi connectivity index (χ3n) is 2.81. The molecular weight excluding hydrogens is 350 g/mol. The Morgan fingerprint density at radius 1 is 0.652 bits per heavy atom. The fourth-order valence-corrected chi connectivity index (χ4v) is 1.91. The molecule has 0 aliphatic carbocycles. The Morgan fingerprint density at radius 3 is 1.22 bits per heavy atom. The first-order valence-electron chi connectivity index (χ1n) is 6.03. The van der Waals surface area contributed by atoms with Gasteiger partial charge in [0.1, 0.15) is 23.0 Å². The van der Waals surface area contributed by atoms with Crippen molar-refractivity contribution in [3.8, 4) is 11.5 Å². The van der Waals surface area contributed by atoms with Gasteiger partial charge in [-0.05, 0) is 48.5 Å². The van der Waals surface area contributed by atoms with Crippen molar-refractivity contribution in [2.45, 2.75) is 0 Å². The van der Waals surface area contributed by atoms with Crippen molar-refractivity contribution in [1.82, 2.24) is 0 Å². The Balaban J connectivity index is 0.00000242. The SMILES string of the molecule is C=C(OC(=C)c1ccc(OS)cc1)c1ccc(OS)cc1.[NaH].[NaH]. The summed E-state index contributed by atoms with van der Waals surface area (Å²) in [5.41, 5.74) is 1.67. The predicted molar refractivity (Wildman–Crippen MR) is 106 cm³/mol. The number of hydrogen-bond acceptors (Lipinski definition) is 5. The van der Waals surface area contributed by atoms with E-state index in [1.165, 1.54) is 0 Å². The molecule has 7 heteroatoms. The van der Waals surface area contributed by atoms with Crippen LogP contribution in [-0.4, -0.2) is 59.1 Å². The van der Waals surface area contributed by atoms with E-state index in [0.717, 1.165) is 11.1 Å². The van der Waals surface area contributed by atoms with Gasteiger partial charge in [0, 0.05) is 36.9 Å². The fourth-order valence-electron chi connectivity index (χ4n) is 1.67. The van der Waals surface area contributed by atoms with Gasteiger partial charge in [0.25, 0.3) is 0 Å². The first-order valence-corrected chi connectivity index (χ1v) is 6.76. The molecule has 2 aromatic rings. The van der Waals surface area contributed by atoms with Crippen LogP contribution in [0.5, 0.6) is 11.5 Å². The Morgan fingerprint density at radius 2 is 0.957 bits per heavy atom. The molecule has 0 fully saturated rings. The second-order valence-electron chi connectivity index (χ2n) is 4.18. The molecule has 112 valence electrons. The van der Waals surface area contributed by atoms with Gasteiger partial charge in [-0.25, -0.2) is 0 Å². The van der Waals surface area contributed by atoms with Gasteiger partial charge < -0.3 is 13.1 Å². The van der Waals surface area contributed by atoms with Gasteiger partial charge in [-0.1, -0.05) is 13.2 Å². The van der Waals surface area contributed by atoms with Crippen LogP contribution in [0.15, 0.2) is 61.7 Å². The summed E-state index contributed by atoms with van der Waals surface area (Å²) >= 11 is 7.46. The summed E-state index contributed by atoms with van der Waals surface area (Å²) in [5, 5.41) is 0. The second-order valence-corrected chi connectivity index (χ2v) is 4.54. The molecule has 0 aliphatic rings. The van der Waals surface area contributed by atoms with Crippen LogP contribution in [0, 0.1) is 0 Å². The van der Waals surface area contributed by atoms with Gasteiger partial charge in [0.2, 0.25) is 0 Å². The molecule has 2 rings (SSSR count). The normalized spacial score (nSPS) is 8.96. The molecule has 3 nitrogen and oxygen atoms in total. The topological polar surface area (TPSA) is 27.7 Å². The summed E-state index contributed by atoms with van der Waals surface area (Å²) in [7, 11) is 0. The van der Waals surface area contributed by atoms with Crippen molar-refractivity contribution in [3.05, 3.63) is 72.8 Å². The molecule has 0 saturated heterocycles. The van der Waals surface area contributed by atoms with E-state index < -0.39 is 0 Å². The maximum atomic E-state index is 5.66. The van der Waals surface area contributed by atoms with Crippen LogP contribution in [0.4, 0.5) is 0 Å². The summed E-state index contributed by atoms with van der Waals surface area (Å²) in [4.78, 5) is 0. The third kappa shape index (κ3) is 6.80. The zero-order valence-electron chi connectivity index (χ0n) is 11.2. The molecule has 0 spiro atoms. The van der Waals surface area contributed by atoms with E-state index in [2.05, 4.69) is 39.0 Å². The summed E-state index contributed by atoms with van der Waals surface area (Å²) < 4.78 is 15.3. The van der Waals surface area contributed by atoms with E-state index in [1.807, 2.05) is 24.3 Å². The zero-order chi connectivity index (χ0) is 15.2. The molecule has 0 amide bonds. The average molecular weight is 366 g/mol. The van der Waals surface area contributed by atoms with Gasteiger partial charge in [0.05, 0.1) is 0 Å². The predicted octanol–water partition coefficient (Wildman–Crippen LogP) is 3.50. The standard InChI is InChI=1S/C16H14O3S2.2Na.2H/c1-11(13-3-7-15(18-20)8-4-13)17-12(2)14-5-9-16(19-21)10-6-14;;;;/h3-10,20-21H,1-2H2;;;;. The Labute approximate surface area is 191 Å². The molecule has 0 aliphatic heterocycles. The van der Waals surface area contributed by atoms with E-state index >= 15 is 0 Å². The van der Waals surface area contributed by atoms with E-state index in [1.54, 1.807) is 24.3 Å². The Hall–Kier alpha value is 0.0200. The van der Waals surface area contributed by atoms with Crippen LogP contribution in [0.25, 0.3) is 11.5 Å². The monoisotopic (exact) mass is 366 g/mol. The van der Waals surface area contributed by atoms with Crippen molar-refractivity contribution < 1.29 is 13.1 Å². The molecule has 2 aromatic carbocycles. The van der Waals surface area contributed by atoms with Gasteiger partial charge >= 0.3 is 59.1 Å². The number of thiol groups is 2. The van der Waals surface area contributed by atoms with Gasteiger partial charge in [-0.3, -0.25) is 0 Å². The summed E-state index contributed by atoms with van der Waals surface area (Å²) in [5.74, 6) is 2.30. The van der Waals surface area contributed by atoms with E-state index in [-0.39, 0.29) is 59.1 Å². The van der Waals surface area contributed by atoms with E-state index in [4.69, 9.17) is 13.1 Å². The number of rotatable bonds is 6. The van der Waals surface area contributed by atoms with Crippen molar-refractivity contribution in [1.29, 1.82) is 0 Å². The Bertz CT molecular complexity index is 586. The van der Waals surface area contributed by atoms with Crippen molar-refractivity contribution >= 4 is 96.5 Å². The Kier molecular flexibility index (Phi) is 11.6. The third-order valence-corrected chi connectivity index (χ3v) is 3.23. The van der Waals surface area contributed by atoms with Gasteiger partial charge in [-0.2, -0.15) is 0 Å². The second kappa shape index (κ2) is 11.6. The quantitative estimate of drug-likeness (QED) is 0.355. The zero-order valence-corrected chi connectivity index (χ0v) is 12.9. The number of hydrogen-bond donors (Lipinski definition) is 2. The van der Waals surface area contributed by atoms with Crippen LogP contribution in [0.3, 0.4) is 0 Å². The van der Waals surface area contributed by atoms with E-state index in [9.17, 15) is 0 Å². The minimum atomic E-state index is 0. The molecule has 0 aromatic heterocycles. The maximum absolute atomic E-state index is 5.66. The van der Waals surface area contributed by atoms with Gasteiger partial charge in [-0.15, -0.1) is 0 Å². The molecular formula is C16H16Na2O3S2. The molecule has 0 bridgehead atoms. The molecule has 0 atom stereocenters. The molecule has 0 saturated carbocycles. The average Bonchev–Trinajstić information content (AvgIpc) is 2.55. The van der Waals surface area contributed by atoms with Crippen molar-refractivity contribution in [3.63, 3.8) is 0 Å². The van der Waals surface area contributed by atoms with Crippen LogP contribution in [0.2, 0.25) is 0 Å². The van der Waals surface area contributed by atoms with Crippen molar-refractivity contribution in [2.75, 3.05) is 0 Å². The molecule has 0 unspecified atom stereocenters. The first-order chi connectivity index (χ1) is 10.1. The van der Waals surface area contributed by atoms with Crippen LogP contribution in [-0.2, 0) is 4.74 Å². The van der Waals surface area contributed by atoms with Gasteiger partial charge in [0.15, 0.2) is 0 Å². The van der Waals surface area contributed by atoms with Crippen molar-refractivity contribution in [2.24, 2.45) is 0 Å². The van der Waals surface area contributed by atoms with E-state index in [0.29, 0.717) is 23.0 Å². The number of ether oxygens (including phenoxy) is 1. The summed E-state index contributed by atoms with van der Waals surface area (Å²) in [6, 6.07) is 14.4. The molecule has 23 heavy (non-hydrogen) atoms. The van der Waals surface area contributed by atoms with Crippen LogP contribution < -0.4 is 8.37 Å². The molecule has 0 radical (unpaired) electrons. The van der Waals surface area contributed by atoms with Crippen LogP contribution >= 0.6 is 25.8 Å². The van der Waals surface area contributed by atoms with Crippen LogP contribution in [0.1, 0.15) is 11.1 Å². The fraction of sp³-hybridized carbons (Fsp3) is 0. The molecule has 0 N–H and O–H groups in total. The summed E-state index contributed by atoms with van der Waals surface area (Å²) in [6.45, 7) is 7.80. The molecule has 0 heterocycles. The number of benzene rings is 2. The minimum absolute atomic E-state index is 0. The first kappa shape index (κ1) is 23.0.